The fraction of sp³-hybridized carbons (Fsp3) is 0.455. The van der Waals surface area contributed by atoms with Crippen LogP contribution in [-0.2, 0) is 21.3 Å². The first-order valence-corrected chi connectivity index (χ1v) is 7.13. The van der Waals surface area contributed by atoms with E-state index in [0.717, 1.165) is 5.56 Å². The first kappa shape index (κ1) is 14.4. The van der Waals surface area contributed by atoms with Crippen molar-refractivity contribution in [2.24, 2.45) is 0 Å². The number of benzene rings is 1. The van der Waals surface area contributed by atoms with E-state index in [-0.39, 0.29) is 4.90 Å². The molecule has 6 heteroatoms. The van der Waals surface area contributed by atoms with E-state index in [9.17, 15) is 8.42 Å². The molecule has 0 unspecified atom stereocenters. The number of hydrogen-bond acceptors (Lipinski definition) is 3. The zero-order chi connectivity index (χ0) is 12.9. The Kier molecular flexibility index (Phi) is 5.39. The van der Waals surface area contributed by atoms with Crippen LogP contribution in [0, 0.1) is 6.92 Å². The quantitative estimate of drug-likeness (QED) is 0.491. The molecular weight excluding hydrogens is 264 g/mol. The second kappa shape index (κ2) is 6.35. The van der Waals surface area contributed by atoms with Crippen LogP contribution in [0.25, 0.3) is 0 Å². The topological polar surface area (TPSA) is 63.6 Å². The summed E-state index contributed by atoms with van der Waals surface area (Å²) in [6, 6.07) is 4.78. The van der Waals surface area contributed by atoms with E-state index >= 15 is 0 Å². The first-order valence-electron chi connectivity index (χ1n) is 5.16. The molecule has 0 saturated carbocycles. The van der Waals surface area contributed by atoms with Crippen molar-refractivity contribution >= 4 is 21.7 Å². The molecule has 1 rings (SSSR count). The lowest BCUT2D eigenvalue weighted by atomic mass is 10.1. The largest absolute Gasteiger partial charge is 0.380 e. The Morgan fingerprint density at radius 2 is 2.06 bits per heavy atom. The monoisotopic (exact) mass is 278 g/mol. The number of hydrogen-bond donors (Lipinski definition) is 1. The molecule has 0 saturated heterocycles. The second-order valence-electron chi connectivity index (χ2n) is 3.64. The van der Waals surface area contributed by atoms with Gasteiger partial charge in [0.05, 0.1) is 18.1 Å². The molecule has 0 aromatic heterocycles. The standard InChI is InChI=1S/C11H15ClO4S/c1-9-2-3-11(17(13,14)15)10(8-9)4-6-16-7-5-12/h2-3,8H,4-7H2,1H3,(H,13,14,15). The van der Waals surface area contributed by atoms with E-state index in [1.807, 2.05) is 6.92 Å². The van der Waals surface area contributed by atoms with E-state index < -0.39 is 10.1 Å². The Hall–Kier alpha value is -0.620. The Bertz CT molecular complexity index is 470. The van der Waals surface area contributed by atoms with Gasteiger partial charge in [0.25, 0.3) is 10.1 Å². The highest BCUT2D eigenvalue weighted by molar-refractivity contribution is 7.85. The molecule has 1 aromatic rings. The molecule has 0 aliphatic heterocycles. The molecule has 4 nitrogen and oxygen atoms in total. The zero-order valence-electron chi connectivity index (χ0n) is 9.52. The van der Waals surface area contributed by atoms with Crippen LogP contribution in [0.3, 0.4) is 0 Å². The average molecular weight is 279 g/mol. The molecule has 0 amide bonds. The van der Waals surface area contributed by atoms with Crippen molar-refractivity contribution in [2.45, 2.75) is 18.2 Å². The van der Waals surface area contributed by atoms with Gasteiger partial charge in [-0.1, -0.05) is 17.7 Å². The highest BCUT2D eigenvalue weighted by Crippen LogP contribution is 2.17. The van der Waals surface area contributed by atoms with E-state index in [1.54, 1.807) is 12.1 Å². The van der Waals surface area contributed by atoms with Crippen molar-refractivity contribution in [3.63, 3.8) is 0 Å². The van der Waals surface area contributed by atoms with Crippen molar-refractivity contribution in [1.82, 2.24) is 0 Å². The van der Waals surface area contributed by atoms with Crippen molar-refractivity contribution in [3.05, 3.63) is 29.3 Å². The molecule has 0 aliphatic rings. The van der Waals surface area contributed by atoms with Gasteiger partial charge in [-0.2, -0.15) is 8.42 Å². The second-order valence-corrected chi connectivity index (χ2v) is 5.41. The Labute approximate surface area is 106 Å². The summed E-state index contributed by atoms with van der Waals surface area (Å²) in [6.45, 7) is 2.66. The minimum Gasteiger partial charge on any atom is -0.380 e. The molecule has 0 bridgehead atoms. The first-order chi connectivity index (χ1) is 7.95. The SMILES string of the molecule is Cc1ccc(S(=O)(=O)O)c(CCOCCCl)c1. The van der Waals surface area contributed by atoms with E-state index in [0.29, 0.717) is 31.1 Å². The van der Waals surface area contributed by atoms with Crippen LogP contribution in [0.1, 0.15) is 11.1 Å². The van der Waals surface area contributed by atoms with Gasteiger partial charge in [-0.05, 0) is 25.0 Å². The predicted octanol–water partition coefficient (Wildman–Crippen LogP) is 2.04. The maximum absolute atomic E-state index is 11.1. The van der Waals surface area contributed by atoms with Crippen molar-refractivity contribution in [1.29, 1.82) is 0 Å². The van der Waals surface area contributed by atoms with Crippen LogP contribution < -0.4 is 0 Å². The van der Waals surface area contributed by atoms with Crippen LogP contribution in [0.5, 0.6) is 0 Å². The summed E-state index contributed by atoms with van der Waals surface area (Å²) >= 11 is 5.45. The number of alkyl halides is 1. The van der Waals surface area contributed by atoms with Gasteiger partial charge in [-0.3, -0.25) is 4.55 Å². The van der Waals surface area contributed by atoms with Crippen LogP contribution in [0.15, 0.2) is 23.1 Å². The van der Waals surface area contributed by atoms with Crippen LogP contribution in [0.2, 0.25) is 0 Å². The Morgan fingerprint density at radius 3 is 2.65 bits per heavy atom. The molecule has 0 atom stereocenters. The molecule has 1 aromatic carbocycles. The van der Waals surface area contributed by atoms with Gasteiger partial charge in [0, 0.05) is 5.88 Å². The minimum absolute atomic E-state index is 0.0578. The smallest absolute Gasteiger partial charge is 0.294 e. The van der Waals surface area contributed by atoms with E-state index in [4.69, 9.17) is 20.9 Å². The summed E-state index contributed by atoms with van der Waals surface area (Å²) < 4.78 is 36.6. The molecule has 0 radical (unpaired) electrons. The maximum atomic E-state index is 11.1. The summed E-state index contributed by atoms with van der Waals surface area (Å²) in [5.74, 6) is 0.402. The van der Waals surface area contributed by atoms with Gasteiger partial charge in [-0.25, -0.2) is 0 Å². The zero-order valence-corrected chi connectivity index (χ0v) is 11.1. The highest BCUT2D eigenvalue weighted by atomic mass is 35.5. The van der Waals surface area contributed by atoms with Crippen molar-refractivity contribution < 1.29 is 17.7 Å². The normalized spacial score (nSPS) is 11.7. The Balaban J connectivity index is 2.85. The summed E-state index contributed by atoms with van der Waals surface area (Å²) in [6.07, 6.45) is 0.424. The van der Waals surface area contributed by atoms with Gasteiger partial charge in [0.2, 0.25) is 0 Å². The van der Waals surface area contributed by atoms with Gasteiger partial charge in [0.15, 0.2) is 0 Å². The summed E-state index contributed by atoms with van der Waals surface area (Å²) in [5, 5.41) is 0. The van der Waals surface area contributed by atoms with Gasteiger partial charge >= 0.3 is 0 Å². The fourth-order valence-electron chi connectivity index (χ4n) is 1.49. The minimum atomic E-state index is -4.17. The number of halogens is 1. The summed E-state index contributed by atoms with van der Waals surface area (Å²) in [7, 11) is -4.17. The molecule has 0 heterocycles. The van der Waals surface area contributed by atoms with Gasteiger partial charge < -0.3 is 4.74 Å². The lowest BCUT2D eigenvalue weighted by Gasteiger charge is -2.08. The molecule has 1 N–H and O–H groups in total. The van der Waals surface area contributed by atoms with Crippen LogP contribution >= 0.6 is 11.6 Å². The molecule has 17 heavy (non-hydrogen) atoms. The molecule has 0 spiro atoms. The van der Waals surface area contributed by atoms with Gasteiger partial charge in [0.1, 0.15) is 0 Å². The number of rotatable bonds is 6. The lowest BCUT2D eigenvalue weighted by molar-refractivity contribution is 0.152. The third kappa shape index (κ3) is 4.63. The van der Waals surface area contributed by atoms with Gasteiger partial charge in [-0.15, -0.1) is 11.6 Å². The summed E-state index contributed by atoms with van der Waals surface area (Å²) in [5.41, 5.74) is 1.49. The van der Waals surface area contributed by atoms with Crippen molar-refractivity contribution in [3.8, 4) is 0 Å². The lowest BCUT2D eigenvalue weighted by Crippen LogP contribution is -2.07. The van der Waals surface area contributed by atoms with Crippen LogP contribution in [-0.4, -0.2) is 32.1 Å². The van der Waals surface area contributed by atoms with Crippen LogP contribution in [0.4, 0.5) is 0 Å². The third-order valence-corrected chi connectivity index (χ3v) is 3.34. The van der Waals surface area contributed by atoms with E-state index in [2.05, 4.69) is 0 Å². The molecular formula is C11H15ClO4S. The average Bonchev–Trinajstić information content (AvgIpc) is 2.23. The molecule has 96 valence electrons. The van der Waals surface area contributed by atoms with E-state index in [1.165, 1.54) is 6.07 Å². The third-order valence-electron chi connectivity index (χ3n) is 2.23. The fourth-order valence-corrected chi connectivity index (χ4v) is 2.34. The maximum Gasteiger partial charge on any atom is 0.294 e. The highest BCUT2D eigenvalue weighted by Gasteiger charge is 2.14. The number of ether oxygens (including phenoxy) is 1. The summed E-state index contributed by atoms with van der Waals surface area (Å²) in [4.78, 5) is -0.0578. The predicted molar refractivity (Wildman–Crippen MR) is 66.2 cm³/mol. The molecule has 0 fully saturated rings. The molecule has 0 aliphatic carbocycles. The number of aryl methyl sites for hydroxylation is 1. The Morgan fingerprint density at radius 1 is 1.35 bits per heavy atom. The van der Waals surface area contributed by atoms with Crippen molar-refractivity contribution in [2.75, 3.05) is 19.1 Å².